The van der Waals surface area contributed by atoms with Gasteiger partial charge in [0, 0.05) is 11.1 Å². The molecule has 0 aromatic heterocycles. The highest BCUT2D eigenvalue weighted by Crippen LogP contribution is 2.11. The van der Waals surface area contributed by atoms with Gasteiger partial charge in [0.1, 0.15) is 12.7 Å². The van der Waals surface area contributed by atoms with E-state index < -0.39 is 11.9 Å². The van der Waals surface area contributed by atoms with Crippen LogP contribution in [-0.4, -0.2) is 266 Å². The molecule has 0 aliphatic carbocycles. The lowest BCUT2D eigenvalue weighted by molar-refractivity contribution is -0.148. The minimum atomic E-state index is -0.428. The van der Waals surface area contributed by atoms with Crippen molar-refractivity contribution in [2.24, 2.45) is 0 Å². The summed E-state index contributed by atoms with van der Waals surface area (Å²) in [5.74, 6) is -0.856. The Morgan fingerprint density at radius 1 is 0.198 bits per heavy atom. The summed E-state index contributed by atoms with van der Waals surface area (Å²) in [4.78, 5) is 23.2. The van der Waals surface area contributed by atoms with Crippen LogP contribution < -0.4 is 0 Å². The highest BCUT2D eigenvalue weighted by molar-refractivity contribution is 5.87. The van der Waals surface area contributed by atoms with Gasteiger partial charge in [-0.05, 0) is 152 Å². The Kier molecular flexibility index (Phi) is 52.4. The molecule has 0 spiro atoms. The van der Waals surface area contributed by atoms with Gasteiger partial charge in [-0.1, -0.05) is 13.2 Å². The molecule has 20 atom stereocenters. The first-order valence-electron chi connectivity index (χ1n) is 33.2. The van der Waals surface area contributed by atoms with Crippen molar-refractivity contribution < 1.29 is 109 Å². The summed E-state index contributed by atoms with van der Waals surface area (Å²) in [5.41, 5.74) is 0.711. The standard InChI is InChI=1S/C68H130O23/c1-45(2)67(69)90-43-65(23)88-41-63(21)86-39-61(19)84-37-59(17)82-35-57(15)80-33-55(13)78-31-53(11)76-29-51(9)74-27-49(7)72-25-47(5)71-26-48(6)73-28-50(8)75-30-52(10)77-32-54(12)79-34-56(14)81-36-58(16)83-38-60(18)85-40-62(20)87-42-64(22)89-44-66(24)91-68(70)46(3)4/h47-66H,1,3,25-44H2,2,4-24H3. The third-order valence-corrected chi connectivity index (χ3v) is 13.1. The zero-order valence-electron chi connectivity index (χ0n) is 60.5. The largest absolute Gasteiger partial charge is 0.460 e. The van der Waals surface area contributed by atoms with Crippen molar-refractivity contribution in [3.05, 3.63) is 24.3 Å². The monoisotopic (exact) mass is 1310 g/mol. The molecule has 0 aromatic carbocycles. The second kappa shape index (κ2) is 53.8. The molecule has 0 radical (unpaired) electrons. The minimum Gasteiger partial charge on any atom is -0.460 e. The van der Waals surface area contributed by atoms with Crippen LogP contribution in [-0.2, 0) is 109 Å². The van der Waals surface area contributed by atoms with E-state index in [1.54, 1.807) is 20.8 Å². The summed E-state index contributed by atoms with van der Waals surface area (Å²) in [7, 11) is 0. The van der Waals surface area contributed by atoms with Crippen molar-refractivity contribution in [1.82, 2.24) is 0 Å². The number of hydrogen-bond acceptors (Lipinski definition) is 23. The molecular weight excluding hydrogens is 1180 g/mol. The zero-order chi connectivity index (χ0) is 68.8. The first-order valence-corrected chi connectivity index (χ1v) is 33.2. The van der Waals surface area contributed by atoms with Gasteiger partial charge < -0.3 is 99.5 Å². The summed E-state index contributed by atoms with van der Waals surface area (Å²) in [6, 6.07) is 0. The van der Waals surface area contributed by atoms with Gasteiger partial charge in [0.15, 0.2) is 0 Å². The highest BCUT2D eigenvalue weighted by Gasteiger charge is 2.20. The average Bonchev–Trinajstić information content (AvgIpc) is 3.74. The lowest BCUT2D eigenvalue weighted by Crippen LogP contribution is -2.31. The van der Waals surface area contributed by atoms with E-state index in [-0.39, 0.29) is 135 Å². The van der Waals surface area contributed by atoms with E-state index >= 15 is 0 Å². The molecule has 0 aromatic rings. The predicted octanol–water partition coefficient (Wildman–Crippen LogP) is 9.31. The quantitative estimate of drug-likeness (QED) is 0.0408. The summed E-state index contributed by atoms with van der Waals surface area (Å²) >= 11 is 0. The Morgan fingerprint density at radius 3 is 0.429 bits per heavy atom. The maximum Gasteiger partial charge on any atom is 0.333 e. The lowest BCUT2D eigenvalue weighted by atomic mass is 10.3. The van der Waals surface area contributed by atoms with Crippen LogP contribution in [0.4, 0.5) is 0 Å². The molecular formula is C68H130O23. The maximum absolute atomic E-state index is 11.7. The van der Waals surface area contributed by atoms with Crippen molar-refractivity contribution >= 4 is 11.9 Å². The summed E-state index contributed by atoms with van der Waals surface area (Å²) < 4.78 is 123. The predicted molar refractivity (Wildman–Crippen MR) is 349 cm³/mol. The van der Waals surface area contributed by atoms with Gasteiger partial charge in [0.25, 0.3) is 0 Å². The molecule has 0 heterocycles. The topological polar surface area (TPSA) is 228 Å². The first kappa shape index (κ1) is 88.7. The van der Waals surface area contributed by atoms with Crippen LogP contribution in [0.25, 0.3) is 0 Å². The fraction of sp³-hybridized carbons (Fsp3) is 0.912. The number of hydrogen-bond donors (Lipinski definition) is 0. The lowest BCUT2D eigenvalue weighted by Gasteiger charge is -2.24. The molecule has 0 N–H and O–H groups in total. The van der Waals surface area contributed by atoms with Gasteiger partial charge in [-0.2, -0.15) is 0 Å². The van der Waals surface area contributed by atoms with Crippen LogP contribution in [0.1, 0.15) is 152 Å². The first-order chi connectivity index (χ1) is 42.8. The Labute approximate surface area is 550 Å². The van der Waals surface area contributed by atoms with Crippen molar-refractivity contribution in [2.75, 3.05) is 132 Å². The number of esters is 2. The van der Waals surface area contributed by atoms with E-state index in [1.165, 1.54) is 0 Å². The second-order valence-electron chi connectivity index (χ2n) is 25.1. The SMILES string of the molecule is C=C(C)C(=O)OCC(C)OCC(C)OCC(C)OCC(C)OCC(C)OCC(C)OCC(C)OCC(C)OCC(C)OCC(C)OCC(C)OCC(C)OCC(C)OCC(C)OCC(C)OCC(C)OCC(C)OCC(C)OCC(C)OCC(C)OC(=O)C(=C)C. The summed E-state index contributed by atoms with van der Waals surface area (Å²) in [6.07, 6.45) is -3.01. The van der Waals surface area contributed by atoms with Crippen LogP contribution in [0.5, 0.6) is 0 Å². The van der Waals surface area contributed by atoms with Gasteiger partial charge in [-0.3, -0.25) is 0 Å². The maximum atomic E-state index is 11.7. The number of ether oxygens (including phenoxy) is 21. The molecule has 20 unspecified atom stereocenters. The Balaban J connectivity index is 4.06. The van der Waals surface area contributed by atoms with E-state index in [0.717, 1.165) is 0 Å². The van der Waals surface area contributed by atoms with Crippen LogP contribution in [0.2, 0.25) is 0 Å². The molecule has 0 aliphatic heterocycles. The van der Waals surface area contributed by atoms with Gasteiger partial charge in [-0.25, -0.2) is 9.59 Å². The molecule has 0 aliphatic rings. The van der Waals surface area contributed by atoms with Crippen LogP contribution >= 0.6 is 0 Å². The molecule has 0 bridgehead atoms. The van der Waals surface area contributed by atoms with E-state index in [2.05, 4.69) is 13.2 Å². The summed E-state index contributed by atoms with van der Waals surface area (Å²) in [6.45, 7) is 57.3. The van der Waals surface area contributed by atoms with Gasteiger partial charge in [0.05, 0.1) is 242 Å². The third-order valence-electron chi connectivity index (χ3n) is 13.1. The highest BCUT2D eigenvalue weighted by atomic mass is 16.6. The molecule has 91 heavy (non-hydrogen) atoms. The Morgan fingerprint density at radius 2 is 0.308 bits per heavy atom. The van der Waals surface area contributed by atoms with E-state index in [9.17, 15) is 9.59 Å². The Bertz CT molecular complexity index is 1800. The molecule has 0 saturated heterocycles. The molecule has 23 heteroatoms. The fourth-order valence-electron chi connectivity index (χ4n) is 7.24. The third kappa shape index (κ3) is 53.5. The number of carbonyl (C=O) groups excluding carboxylic acids is 2. The van der Waals surface area contributed by atoms with Crippen LogP contribution in [0.3, 0.4) is 0 Å². The van der Waals surface area contributed by atoms with Crippen LogP contribution in [0.15, 0.2) is 24.3 Å². The van der Waals surface area contributed by atoms with Gasteiger partial charge in [-0.15, -0.1) is 0 Å². The molecule has 0 rings (SSSR count). The number of rotatable bonds is 62. The molecule has 23 nitrogen and oxygen atoms in total. The second-order valence-corrected chi connectivity index (χ2v) is 25.1. The van der Waals surface area contributed by atoms with Gasteiger partial charge in [0.2, 0.25) is 0 Å². The summed E-state index contributed by atoms with van der Waals surface area (Å²) in [5, 5.41) is 0. The van der Waals surface area contributed by atoms with E-state index in [0.29, 0.717) is 130 Å². The average molecular weight is 1320 g/mol. The fourth-order valence-corrected chi connectivity index (χ4v) is 7.24. The van der Waals surface area contributed by atoms with Crippen LogP contribution in [0, 0.1) is 0 Å². The van der Waals surface area contributed by atoms with Crippen molar-refractivity contribution in [3.63, 3.8) is 0 Å². The smallest absolute Gasteiger partial charge is 0.333 e. The van der Waals surface area contributed by atoms with E-state index in [1.807, 2.05) is 132 Å². The molecule has 0 saturated carbocycles. The van der Waals surface area contributed by atoms with Crippen molar-refractivity contribution in [1.29, 1.82) is 0 Å². The normalized spacial score (nSPS) is 18.8. The van der Waals surface area contributed by atoms with Crippen molar-refractivity contribution in [2.45, 2.75) is 274 Å². The Hall–Kier alpha value is -2.34. The zero-order valence-corrected chi connectivity index (χ0v) is 60.5. The molecule has 0 amide bonds. The molecule has 540 valence electrons. The minimum absolute atomic E-state index is 0.125. The van der Waals surface area contributed by atoms with E-state index in [4.69, 9.17) is 99.5 Å². The number of carbonyl (C=O) groups is 2. The van der Waals surface area contributed by atoms with Crippen molar-refractivity contribution in [3.8, 4) is 0 Å². The van der Waals surface area contributed by atoms with Gasteiger partial charge >= 0.3 is 11.9 Å². The molecule has 0 fully saturated rings.